The zero-order chi connectivity index (χ0) is 27.8. The van der Waals surface area contributed by atoms with Crippen molar-refractivity contribution in [2.45, 2.75) is 97.5 Å². The number of ether oxygens (including phenoxy) is 1. The van der Waals surface area contributed by atoms with Crippen LogP contribution in [0.3, 0.4) is 0 Å². The Morgan fingerprint density at radius 3 is 2.17 bits per heavy atom. The fourth-order valence-corrected chi connectivity index (χ4v) is 3.64. The van der Waals surface area contributed by atoms with Crippen LogP contribution in [0.2, 0.25) is 0 Å². The molecular weight excluding hydrogens is 460 g/mol. The van der Waals surface area contributed by atoms with E-state index in [9.17, 15) is 19.2 Å². The molecule has 2 unspecified atom stereocenters. The van der Waals surface area contributed by atoms with Gasteiger partial charge in [0.05, 0.1) is 0 Å². The minimum Gasteiger partial charge on any atom is -0.444 e. The molecule has 9 nitrogen and oxygen atoms in total. The van der Waals surface area contributed by atoms with E-state index >= 15 is 0 Å². The van der Waals surface area contributed by atoms with E-state index in [2.05, 4.69) is 17.2 Å². The SMILES string of the molecule is C=Cc1cccc(C(C(=O)NC(C)C)N(C(=O)C(CCC(N)=O)NC(=O)OC(C)(C)C)C(C)(C)C)c1. The summed E-state index contributed by atoms with van der Waals surface area (Å²) in [7, 11) is 0. The topological polar surface area (TPSA) is 131 Å². The number of rotatable bonds is 10. The average Bonchev–Trinajstić information content (AvgIpc) is 2.71. The molecule has 0 aromatic heterocycles. The van der Waals surface area contributed by atoms with Gasteiger partial charge in [-0.15, -0.1) is 0 Å². The molecule has 0 fully saturated rings. The Bertz CT molecular complexity index is 960. The molecule has 0 spiro atoms. The molecule has 0 aliphatic heterocycles. The molecule has 1 aromatic rings. The van der Waals surface area contributed by atoms with Crippen molar-refractivity contribution < 1.29 is 23.9 Å². The molecule has 1 aromatic carbocycles. The average molecular weight is 503 g/mol. The summed E-state index contributed by atoms with van der Waals surface area (Å²) in [6.45, 7) is 18.0. The van der Waals surface area contributed by atoms with Crippen LogP contribution in [0.15, 0.2) is 30.8 Å². The van der Waals surface area contributed by atoms with Gasteiger partial charge in [-0.25, -0.2) is 4.79 Å². The second-order valence-electron chi connectivity index (χ2n) is 11.0. The van der Waals surface area contributed by atoms with Crippen LogP contribution < -0.4 is 16.4 Å². The third-order valence-electron chi connectivity index (χ3n) is 5.03. The predicted molar refractivity (Wildman–Crippen MR) is 141 cm³/mol. The summed E-state index contributed by atoms with van der Waals surface area (Å²) in [5, 5.41) is 5.48. The van der Waals surface area contributed by atoms with Crippen molar-refractivity contribution in [3.8, 4) is 0 Å². The summed E-state index contributed by atoms with van der Waals surface area (Å²) in [6, 6.07) is 4.85. The van der Waals surface area contributed by atoms with Gasteiger partial charge in [0, 0.05) is 18.0 Å². The van der Waals surface area contributed by atoms with Gasteiger partial charge in [0.1, 0.15) is 17.7 Å². The molecule has 200 valence electrons. The number of alkyl carbamates (subject to hydrolysis) is 1. The maximum atomic E-state index is 14.1. The molecule has 0 saturated carbocycles. The Morgan fingerprint density at radius 1 is 1.08 bits per heavy atom. The molecule has 4 amide bonds. The normalized spacial score (nSPS) is 13.4. The molecular formula is C27H42N4O5. The van der Waals surface area contributed by atoms with Crippen molar-refractivity contribution in [3.63, 3.8) is 0 Å². The standard InChI is InChI=1S/C27H42N4O5/c1-10-18-12-11-13-19(16-18)22(23(33)29-17(2)3)31(26(4,5)6)24(34)20(14-15-21(28)32)30-25(35)36-27(7,8)9/h10-13,16-17,20,22H,1,14-15H2,2-9H3,(H2,28,32)(H,29,33)(H,30,35). The van der Waals surface area contributed by atoms with Gasteiger partial charge < -0.3 is 26.0 Å². The van der Waals surface area contributed by atoms with Gasteiger partial charge >= 0.3 is 6.09 Å². The fourth-order valence-electron chi connectivity index (χ4n) is 3.64. The molecule has 1 rings (SSSR count). The molecule has 0 aliphatic carbocycles. The fraction of sp³-hybridized carbons (Fsp3) is 0.556. The molecule has 0 heterocycles. The summed E-state index contributed by atoms with van der Waals surface area (Å²) in [4.78, 5) is 53.2. The summed E-state index contributed by atoms with van der Waals surface area (Å²) < 4.78 is 5.34. The Hall–Kier alpha value is -3.36. The molecule has 0 radical (unpaired) electrons. The van der Waals surface area contributed by atoms with Crippen LogP contribution >= 0.6 is 0 Å². The van der Waals surface area contributed by atoms with Crippen LogP contribution in [0.1, 0.15) is 85.4 Å². The lowest BCUT2D eigenvalue weighted by Crippen LogP contribution is -2.59. The molecule has 4 N–H and O–H groups in total. The third kappa shape index (κ3) is 9.71. The van der Waals surface area contributed by atoms with E-state index in [0.29, 0.717) is 5.56 Å². The van der Waals surface area contributed by atoms with E-state index in [1.807, 2.05) is 19.9 Å². The number of nitrogens with two attached hydrogens (primary N) is 1. The maximum absolute atomic E-state index is 14.1. The van der Waals surface area contributed by atoms with Crippen LogP contribution in [0.4, 0.5) is 4.79 Å². The van der Waals surface area contributed by atoms with Crippen LogP contribution in [0.25, 0.3) is 6.08 Å². The molecule has 0 saturated heterocycles. The minimum absolute atomic E-state index is 0.0504. The minimum atomic E-state index is -1.15. The van der Waals surface area contributed by atoms with E-state index in [1.165, 1.54) is 4.90 Å². The predicted octanol–water partition coefficient (Wildman–Crippen LogP) is 3.68. The number of hydrogen-bond acceptors (Lipinski definition) is 5. The Balaban J connectivity index is 3.61. The third-order valence-corrected chi connectivity index (χ3v) is 5.03. The lowest BCUT2D eigenvalue weighted by atomic mass is 9.93. The zero-order valence-corrected chi connectivity index (χ0v) is 22.8. The van der Waals surface area contributed by atoms with E-state index in [1.54, 1.807) is 65.8 Å². The first-order valence-corrected chi connectivity index (χ1v) is 12.1. The zero-order valence-electron chi connectivity index (χ0n) is 22.8. The summed E-state index contributed by atoms with van der Waals surface area (Å²) >= 11 is 0. The number of nitrogens with zero attached hydrogens (tertiary/aromatic N) is 1. The second-order valence-corrected chi connectivity index (χ2v) is 11.0. The quantitative estimate of drug-likeness (QED) is 0.449. The molecule has 2 atom stereocenters. The van der Waals surface area contributed by atoms with Gasteiger partial charge in [-0.3, -0.25) is 14.4 Å². The number of primary amides is 1. The Kier molecular flexibility index (Phi) is 10.7. The smallest absolute Gasteiger partial charge is 0.408 e. The number of nitrogens with one attached hydrogen (secondary N) is 2. The second kappa shape index (κ2) is 12.6. The van der Waals surface area contributed by atoms with Gasteiger partial charge in [0.15, 0.2) is 0 Å². The summed E-state index contributed by atoms with van der Waals surface area (Å²) in [5.41, 5.74) is 5.07. The van der Waals surface area contributed by atoms with Gasteiger partial charge in [0.25, 0.3) is 0 Å². The monoisotopic (exact) mass is 502 g/mol. The molecule has 0 aliphatic rings. The summed E-state index contributed by atoms with van der Waals surface area (Å²) in [6.07, 6.45) is 0.657. The van der Waals surface area contributed by atoms with Crippen molar-refractivity contribution in [2.75, 3.05) is 0 Å². The van der Waals surface area contributed by atoms with E-state index in [0.717, 1.165) is 5.56 Å². The van der Waals surface area contributed by atoms with Crippen molar-refractivity contribution in [1.82, 2.24) is 15.5 Å². The van der Waals surface area contributed by atoms with Gasteiger partial charge in [-0.05, 0) is 79.0 Å². The highest BCUT2D eigenvalue weighted by Gasteiger charge is 2.42. The lowest BCUT2D eigenvalue weighted by molar-refractivity contribution is -0.148. The number of amides is 4. The van der Waals surface area contributed by atoms with Crippen molar-refractivity contribution in [3.05, 3.63) is 42.0 Å². The highest BCUT2D eigenvalue weighted by atomic mass is 16.6. The highest BCUT2D eigenvalue weighted by molar-refractivity contribution is 5.93. The van der Waals surface area contributed by atoms with Crippen LogP contribution in [-0.2, 0) is 19.1 Å². The number of hydrogen-bond donors (Lipinski definition) is 3. The summed E-state index contributed by atoms with van der Waals surface area (Å²) in [5.74, 6) is -1.53. The molecule has 36 heavy (non-hydrogen) atoms. The van der Waals surface area contributed by atoms with Crippen LogP contribution in [-0.4, -0.2) is 51.9 Å². The molecule has 9 heteroatoms. The Morgan fingerprint density at radius 2 is 1.69 bits per heavy atom. The largest absolute Gasteiger partial charge is 0.444 e. The van der Waals surface area contributed by atoms with Crippen molar-refractivity contribution in [2.24, 2.45) is 5.73 Å². The van der Waals surface area contributed by atoms with Crippen LogP contribution in [0.5, 0.6) is 0 Å². The number of benzene rings is 1. The molecule has 0 bridgehead atoms. The van der Waals surface area contributed by atoms with Gasteiger partial charge in [-0.1, -0.05) is 30.9 Å². The van der Waals surface area contributed by atoms with Crippen molar-refractivity contribution in [1.29, 1.82) is 0 Å². The lowest BCUT2D eigenvalue weighted by Gasteiger charge is -2.43. The van der Waals surface area contributed by atoms with E-state index in [-0.39, 0.29) is 24.8 Å². The Labute approximate surface area is 214 Å². The van der Waals surface area contributed by atoms with Crippen LogP contribution in [0, 0.1) is 0 Å². The first-order chi connectivity index (χ1) is 16.5. The first-order valence-electron chi connectivity index (χ1n) is 12.1. The number of carbonyl (C=O) groups is 4. The van der Waals surface area contributed by atoms with E-state index < -0.39 is 41.1 Å². The van der Waals surface area contributed by atoms with Gasteiger partial charge in [0.2, 0.25) is 17.7 Å². The maximum Gasteiger partial charge on any atom is 0.408 e. The van der Waals surface area contributed by atoms with Crippen molar-refractivity contribution >= 4 is 29.9 Å². The highest BCUT2D eigenvalue weighted by Crippen LogP contribution is 2.31. The number of carbonyl (C=O) groups excluding carboxylic acids is 4. The van der Waals surface area contributed by atoms with E-state index in [4.69, 9.17) is 10.5 Å². The van der Waals surface area contributed by atoms with Gasteiger partial charge in [-0.2, -0.15) is 0 Å². The first kappa shape index (κ1) is 30.7.